The number of esters is 2. The van der Waals surface area contributed by atoms with Gasteiger partial charge in [0.15, 0.2) is 11.5 Å². The number of phenols is 1. The molecule has 0 heterocycles. The van der Waals surface area contributed by atoms with E-state index in [1.54, 1.807) is 63.2 Å². The van der Waals surface area contributed by atoms with E-state index >= 15 is 0 Å². The van der Waals surface area contributed by atoms with Gasteiger partial charge in [0.1, 0.15) is 29.3 Å². The average Bonchev–Trinajstić information content (AvgIpc) is 2.81. The molecule has 0 unspecified atom stereocenters. The van der Waals surface area contributed by atoms with Crippen molar-refractivity contribution in [2.45, 2.75) is 46.1 Å². The first-order chi connectivity index (χ1) is 17.7. The summed E-state index contributed by atoms with van der Waals surface area (Å²) in [7, 11) is 1.45. The van der Waals surface area contributed by atoms with Crippen LogP contribution in [0.2, 0.25) is 0 Å². The Morgan fingerprint density at radius 3 is 2.08 bits per heavy atom. The number of phenolic OH excluding ortho intramolecular Hbond substituents is 1. The molecular weight excluding hydrogens is 505 g/mol. The van der Waals surface area contributed by atoms with Gasteiger partial charge in [0, 0.05) is 12.5 Å². The van der Waals surface area contributed by atoms with Crippen molar-refractivity contribution in [3.63, 3.8) is 0 Å². The van der Waals surface area contributed by atoms with Crippen LogP contribution in [0.3, 0.4) is 0 Å². The monoisotopic (exact) mass is 532 g/mol. The second kappa shape index (κ2) is 11.0. The maximum atomic E-state index is 13.3. The summed E-state index contributed by atoms with van der Waals surface area (Å²) >= 11 is 0. The number of ether oxygens (including phenoxy) is 4. The Balaban J connectivity index is 1.84. The van der Waals surface area contributed by atoms with Crippen LogP contribution in [0.25, 0.3) is 11.1 Å². The SMILES string of the molecule is COc1cc(-c2ccc(OCc3ccc(C(F)(F)F)c(O)c3C(=O)OC(C)(C)C)cc2)ccc1OC(C)=O. The van der Waals surface area contributed by atoms with Gasteiger partial charge in [-0.05, 0) is 62.2 Å². The zero-order chi connectivity index (χ0) is 28.3. The van der Waals surface area contributed by atoms with Crippen LogP contribution in [0.4, 0.5) is 13.2 Å². The molecule has 38 heavy (non-hydrogen) atoms. The Kier molecular flexibility index (Phi) is 8.24. The van der Waals surface area contributed by atoms with E-state index in [1.807, 2.05) is 0 Å². The number of carbonyl (C=O) groups excluding carboxylic acids is 2. The smallest absolute Gasteiger partial charge is 0.419 e. The first-order valence-electron chi connectivity index (χ1n) is 11.4. The number of halogens is 3. The van der Waals surface area contributed by atoms with Gasteiger partial charge in [-0.3, -0.25) is 4.79 Å². The summed E-state index contributed by atoms with van der Waals surface area (Å²) in [5.41, 5.74) is -1.37. The molecule has 3 aromatic rings. The van der Waals surface area contributed by atoms with E-state index < -0.39 is 40.6 Å². The van der Waals surface area contributed by atoms with Crippen LogP contribution >= 0.6 is 0 Å². The number of alkyl halides is 3. The van der Waals surface area contributed by atoms with Gasteiger partial charge in [-0.2, -0.15) is 13.2 Å². The number of hydrogen-bond donors (Lipinski definition) is 1. The number of hydrogen-bond acceptors (Lipinski definition) is 7. The van der Waals surface area contributed by atoms with Crippen LogP contribution in [0.15, 0.2) is 54.6 Å². The van der Waals surface area contributed by atoms with Crippen LogP contribution in [-0.4, -0.2) is 29.8 Å². The number of rotatable bonds is 7. The molecule has 0 amide bonds. The first kappa shape index (κ1) is 28.4. The maximum absolute atomic E-state index is 13.3. The fourth-order valence-corrected chi connectivity index (χ4v) is 3.53. The van der Waals surface area contributed by atoms with Crippen molar-refractivity contribution in [1.82, 2.24) is 0 Å². The minimum atomic E-state index is -4.87. The zero-order valence-electron chi connectivity index (χ0n) is 21.4. The quantitative estimate of drug-likeness (QED) is 0.273. The van der Waals surface area contributed by atoms with Crippen LogP contribution in [0, 0.1) is 0 Å². The molecule has 7 nitrogen and oxygen atoms in total. The van der Waals surface area contributed by atoms with Crippen LogP contribution in [0.1, 0.15) is 49.2 Å². The van der Waals surface area contributed by atoms with Crippen molar-refractivity contribution < 1.29 is 46.8 Å². The Morgan fingerprint density at radius 1 is 0.895 bits per heavy atom. The number of aromatic hydroxyl groups is 1. The van der Waals surface area contributed by atoms with Crippen LogP contribution < -0.4 is 14.2 Å². The highest BCUT2D eigenvalue weighted by molar-refractivity contribution is 5.95. The van der Waals surface area contributed by atoms with Gasteiger partial charge in [-0.25, -0.2) is 4.79 Å². The minimum Gasteiger partial charge on any atom is -0.506 e. The van der Waals surface area contributed by atoms with Gasteiger partial charge >= 0.3 is 18.1 Å². The second-order valence-corrected chi connectivity index (χ2v) is 9.27. The molecule has 202 valence electrons. The molecule has 3 aromatic carbocycles. The normalized spacial score (nSPS) is 11.6. The summed E-state index contributed by atoms with van der Waals surface area (Å²) in [6, 6.07) is 13.6. The van der Waals surface area contributed by atoms with Gasteiger partial charge in [0.05, 0.1) is 12.7 Å². The first-order valence-corrected chi connectivity index (χ1v) is 11.4. The van der Waals surface area contributed by atoms with E-state index in [-0.39, 0.29) is 17.9 Å². The standard InChI is InChI=1S/C28H27F3O7/c1-16(32)37-22-13-9-18(14-23(22)35-5)17-6-10-20(11-7-17)36-15-19-8-12-21(28(29,30)31)25(33)24(19)26(34)38-27(2,3)4/h6-14,33H,15H2,1-5H3. The molecule has 10 heteroatoms. The van der Waals surface area contributed by atoms with Crippen molar-refractivity contribution >= 4 is 11.9 Å². The summed E-state index contributed by atoms with van der Waals surface area (Å²) in [4.78, 5) is 23.9. The van der Waals surface area contributed by atoms with Gasteiger partial charge in [0.2, 0.25) is 0 Å². The van der Waals surface area contributed by atoms with Crippen LogP contribution in [0.5, 0.6) is 23.0 Å². The van der Waals surface area contributed by atoms with Crippen molar-refractivity contribution in [2.24, 2.45) is 0 Å². The van der Waals surface area contributed by atoms with Gasteiger partial charge in [-0.1, -0.05) is 24.3 Å². The average molecular weight is 533 g/mol. The van der Waals surface area contributed by atoms with Gasteiger partial charge in [-0.15, -0.1) is 0 Å². The number of methoxy groups -OCH3 is 1. The highest BCUT2D eigenvalue weighted by Gasteiger charge is 2.37. The van der Waals surface area contributed by atoms with Crippen molar-refractivity contribution in [3.8, 4) is 34.1 Å². The van der Waals surface area contributed by atoms with E-state index in [1.165, 1.54) is 14.0 Å². The molecule has 0 aliphatic carbocycles. The summed E-state index contributed by atoms with van der Waals surface area (Å²) in [6.45, 7) is 5.67. The predicted molar refractivity (Wildman–Crippen MR) is 132 cm³/mol. The third-order valence-corrected chi connectivity index (χ3v) is 5.17. The topological polar surface area (TPSA) is 91.3 Å². The van der Waals surface area contributed by atoms with Crippen molar-refractivity contribution in [1.29, 1.82) is 0 Å². The number of benzene rings is 3. The fraction of sp³-hybridized carbons (Fsp3) is 0.286. The Morgan fingerprint density at radius 2 is 1.53 bits per heavy atom. The third kappa shape index (κ3) is 6.96. The lowest BCUT2D eigenvalue weighted by atomic mass is 10.0. The van der Waals surface area contributed by atoms with Crippen molar-refractivity contribution in [2.75, 3.05) is 7.11 Å². The molecule has 0 fully saturated rings. The summed E-state index contributed by atoms with van der Waals surface area (Å²) < 4.78 is 61.4. The lowest BCUT2D eigenvalue weighted by Gasteiger charge is -2.22. The maximum Gasteiger partial charge on any atom is 0.419 e. The van der Waals surface area contributed by atoms with E-state index in [4.69, 9.17) is 18.9 Å². The Bertz CT molecular complexity index is 1320. The molecule has 0 aromatic heterocycles. The molecule has 0 spiro atoms. The largest absolute Gasteiger partial charge is 0.506 e. The molecule has 1 N–H and O–H groups in total. The van der Waals surface area contributed by atoms with Gasteiger partial charge < -0.3 is 24.1 Å². The van der Waals surface area contributed by atoms with E-state index in [0.29, 0.717) is 17.6 Å². The molecule has 0 aliphatic rings. The molecule has 0 atom stereocenters. The molecular formula is C28H27F3O7. The van der Waals surface area contributed by atoms with E-state index in [9.17, 15) is 27.9 Å². The lowest BCUT2D eigenvalue weighted by molar-refractivity contribution is -0.138. The summed E-state index contributed by atoms with van der Waals surface area (Å²) in [5.74, 6) is -1.77. The molecule has 0 saturated heterocycles. The molecule has 0 aliphatic heterocycles. The van der Waals surface area contributed by atoms with Crippen molar-refractivity contribution in [3.05, 3.63) is 71.3 Å². The highest BCUT2D eigenvalue weighted by Crippen LogP contribution is 2.40. The highest BCUT2D eigenvalue weighted by atomic mass is 19.4. The molecule has 0 bridgehead atoms. The number of carbonyl (C=O) groups is 2. The minimum absolute atomic E-state index is 0.0274. The van der Waals surface area contributed by atoms with E-state index in [0.717, 1.165) is 17.2 Å². The molecule has 0 saturated carbocycles. The lowest BCUT2D eigenvalue weighted by Crippen LogP contribution is -2.25. The summed E-state index contributed by atoms with van der Waals surface area (Å²) in [6.07, 6.45) is -4.87. The van der Waals surface area contributed by atoms with Crippen LogP contribution in [-0.2, 0) is 22.3 Å². The predicted octanol–water partition coefficient (Wildman–Crippen LogP) is 6.55. The molecule has 0 radical (unpaired) electrons. The van der Waals surface area contributed by atoms with E-state index in [2.05, 4.69) is 0 Å². The fourth-order valence-electron chi connectivity index (χ4n) is 3.53. The molecule has 3 rings (SSSR count). The second-order valence-electron chi connectivity index (χ2n) is 9.27. The summed E-state index contributed by atoms with van der Waals surface area (Å²) in [5, 5.41) is 10.3. The van der Waals surface area contributed by atoms with Gasteiger partial charge in [0.25, 0.3) is 0 Å². The zero-order valence-corrected chi connectivity index (χ0v) is 21.4. The Labute approximate surface area is 217 Å². The third-order valence-electron chi connectivity index (χ3n) is 5.17. The Hall–Kier alpha value is -4.21.